The molecule has 0 unspecified atom stereocenters. The quantitative estimate of drug-likeness (QED) is 0.864. The van der Waals surface area contributed by atoms with Gasteiger partial charge in [-0.2, -0.15) is 0 Å². The van der Waals surface area contributed by atoms with Crippen LogP contribution in [0.5, 0.6) is 0 Å². The van der Waals surface area contributed by atoms with Crippen LogP contribution in [0, 0.1) is 6.92 Å². The minimum absolute atomic E-state index is 0.729. The third kappa shape index (κ3) is 3.00. The Hall–Kier alpha value is -2.03. The lowest BCUT2D eigenvalue weighted by Gasteiger charge is -2.08. The Morgan fingerprint density at radius 3 is 2.33 bits per heavy atom. The van der Waals surface area contributed by atoms with E-state index in [1.54, 1.807) is 0 Å². The number of nitrogen functional groups attached to an aromatic ring is 1. The molecule has 2 rings (SSSR count). The van der Waals surface area contributed by atoms with Crippen LogP contribution < -0.4 is 11.1 Å². The van der Waals surface area contributed by atoms with E-state index in [0.717, 1.165) is 30.2 Å². The monoisotopic (exact) mass is 241 g/mol. The summed E-state index contributed by atoms with van der Waals surface area (Å²) in [7, 11) is 0. The molecule has 0 aliphatic rings. The van der Waals surface area contributed by atoms with Crippen molar-refractivity contribution < 1.29 is 0 Å². The molecule has 0 saturated heterocycles. The van der Waals surface area contributed by atoms with Gasteiger partial charge in [-0.15, -0.1) is 0 Å². The van der Waals surface area contributed by atoms with Crippen LogP contribution in [0.1, 0.15) is 23.7 Å². The van der Waals surface area contributed by atoms with E-state index in [2.05, 4.69) is 41.5 Å². The first-order valence-electron chi connectivity index (χ1n) is 6.24. The predicted molar refractivity (Wildman–Crippen MR) is 76.5 cm³/mol. The Morgan fingerprint density at radius 2 is 1.72 bits per heavy atom. The molecule has 0 aliphatic heterocycles. The van der Waals surface area contributed by atoms with Gasteiger partial charge in [-0.3, -0.25) is 0 Å². The van der Waals surface area contributed by atoms with Crippen molar-refractivity contribution in [3.63, 3.8) is 0 Å². The lowest BCUT2D eigenvalue weighted by atomic mass is 10.1. The van der Waals surface area contributed by atoms with Gasteiger partial charge in [0.2, 0.25) is 0 Å². The highest BCUT2D eigenvalue weighted by molar-refractivity contribution is 5.49. The molecule has 0 aliphatic carbocycles. The zero-order chi connectivity index (χ0) is 13.0. The van der Waals surface area contributed by atoms with Gasteiger partial charge in [-0.05, 0) is 36.6 Å². The largest absolute Gasteiger partial charge is 0.397 e. The summed E-state index contributed by atoms with van der Waals surface area (Å²) < 4.78 is 0. The van der Waals surface area contributed by atoms with E-state index < -0.39 is 0 Å². The van der Waals surface area contributed by atoms with Crippen molar-refractivity contribution in [3.05, 3.63) is 53.2 Å². The molecule has 3 N–H and O–H groups in total. The van der Waals surface area contributed by atoms with Gasteiger partial charge in [0.1, 0.15) is 5.82 Å². The molecule has 1 heterocycles. The normalized spacial score (nSPS) is 10.3. The van der Waals surface area contributed by atoms with E-state index in [-0.39, 0.29) is 0 Å². The molecule has 0 radical (unpaired) electrons. The topological polar surface area (TPSA) is 50.9 Å². The first kappa shape index (κ1) is 12.4. The number of aromatic nitrogens is 1. The Labute approximate surface area is 108 Å². The summed E-state index contributed by atoms with van der Waals surface area (Å²) in [6.45, 7) is 4.85. The van der Waals surface area contributed by atoms with E-state index in [0.29, 0.717) is 0 Å². The van der Waals surface area contributed by atoms with Gasteiger partial charge < -0.3 is 11.1 Å². The van der Waals surface area contributed by atoms with Crippen molar-refractivity contribution in [2.75, 3.05) is 11.1 Å². The van der Waals surface area contributed by atoms with Crippen molar-refractivity contribution in [2.24, 2.45) is 0 Å². The molecule has 0 amide bonds. The number of nitrogens with two attached hydrogens (primary N) is 1. The average Bonchev–Trinajstić information content (AvgIpc) is 2.41. The summed E-state index contributed by atoms with van der Waals surface area (Å²) in [6, 6.07) is 12.4. The lowest BCUT2D eigenvalue weighted by Crippen LogP contribution is -2.03. The molecule has 3 nitrogen and oxygen atoms in total. The van der Waals surface area contributed by atoms with Crippen LogP contribution in [0.25, 0.3) is 0 Å². The zero-order valence-electron chi connectivity index (χ0n) is 10.9. The highest BCUT2D eigenvalue weighted by Gasteiger charge is 1.99. The molecule has 0 fully saturated rings. The first-order valence-corrected chi connectivity index (χ1v) is 6.24. The van der Waals surface area contributed by atoms with Crippen molar-refractivity contribution in [2.45, 2.75) is 26.8 Å². The van der Waals surface area contributed by atoms with E-state index in [1.807, 2.05) is 19.1 Å². The standard InChI is InChI=1S/C15H19N3/c1-3-12-4-6-13(7-5-12)10-17-15-9-8-14(16)11(2)18-15/h4-9H,3,10,16H2,1-2H3,(H,17,18). The fraction of sp³-hybridized carbons (Fsp3) is 0.267. The molecule has 0 bridgehead atoms. The second-order valence-corrected chi connectivity index (χ2v) is 4.39. The summed E-state index contributed by atoms with van der Waals surface area (Å²) in [4.78, 5) is 4.39. The summed E-state index contributed by atoms with van der Waals surface area (Å²) in [5, 5.41) is 3.30. The van der Waals surface area contributed by atoms with Crippen LogP contribution in [0.3, 0.4) is 0 Å². The molecule has 18 heavy (non-hydrogen) atoms. The summed E-state index contributed by atoms with van der Waals surface area (Å²) >= 11 is 0. The highest BCUT2D eigenvalue weighted by Crippen LogP contribution is 2.13. The average molecular weight is 241 g/mol. The number of nitrogens with one attached hydrogen (secondary N) is 1. The lowest BCUT2D eigenvalue weighted by molar-refractivity contribution is 1.08. The highest BCUT2D eigenvalue weighted by atomic mass is 15.0. The van der Waals surface area contributed by atoms with Crippen molar-refractivity contribution >= 4 is 11.5 Å². The number of rotatable bonds is 4. The van der Waals surface area contributed by atoms with Gasteiger partial charge in [0, 0.05) is 6.54 Å². The van der Waals surface area contributed by atoms with E-state index in [9.17, 15) is 0 Å². The fourth-order valence-electron chi connectivity index (χ4n) is 1.76. The number of hydrogen-bond acceptors (Lipinski definition) is 3. The maximum Gasteiger partial charge on any atom is 0.126 e. The molecule has 2 aromatic rings. The Bertz CT molecular complexity index is 518. The number of hydrogen-bond donors (Lipinski definition) is 2. The van der Waals surface area contributed by atoms with Crippen molar-refractivity contribution in [1.29, 1.82) is 0 Å². The third-order valence-electron chi connectivity index (χ3n) is 3.03. The van der Waals surface area contributed by atoms with Crippen LogP contribution in [-0.4, -0.2) is 4.98 Å². The SMILES string of the molecule is CCc1ccc(CNc2ccc(N)c(C)n2)cc1. The molecular weight excluding hydrogens is 222 g/mol. The van der Waals surface area contributed by atoms with Gasteiger partial charge in [0.05, 0.1) is 11.4 Å². The summed E-state index contributed by atoms with van der Waals surface area (Å²) in [6.07, 6.45) is 1.08. The van der Waals surface area contributed by atoms with Crippen LogP contribution in [0.2, 0.25) is 0 Å². The summed E-state index contributed by atoms with van der Waals surface area (Å²) in [5.41, 5.74) is 9.94. The molecule has 3 heteroatoms. The minimum atomic E-state index is 0.729. The number of aryl methyl sites for hydroxylation is 2. The first-order chi connectivity index (χ1) is 8.69. The van der Waals surface area contributed by atoms with Crippen molar-refractivity contribution in [1.82, 2.24) is 4.98 Å². The van der Waals surface area contributed by atoms with Gasteiger partial charge >= 0.3 is 0 Å². The molecule has 1 aromatic heterocycles. The maximum absolute atomic E-state index is 5.74. The van der Waals surface area contributed by atoms with E-state index in [4.69, 9.17) is 5.73 Å². The Kier molecular flexibility index (Phi) is 3.82. The maximum atomic E-state index is 5.74. The second-order valence-electron chi connectivity index (χ2n) is 4.39. The third-order valence-corrected chi connectivity index (χ3v) is 3.03. The Morgan fingerprint density at radius 1 is 1.06 bits per heavy atom. The molecule has 0 spiro atoms. The zero-order valence-corrected chi connectivity index (χ0v) is 10.9. The predicted octanol–water partition coefficient (Wildman–Crippen LogP) is 3.15. The van der Waals surface area contributed by atoms with Gasteiger partial charge in [-0.1, -0.05) is 31.2 Å². The molecule has 0 saturated carbocycles. The molecule has 94 valence electrons. The smallest absolute Gasteiger partial charge is 0.126 e. The molecule has 0 atom stereocenters. The van der Waals surface area contributed by atoms with Gasteiger partial charge in [0.25, 0.3) is 0 Å². The fourth-order valence-corrected chi connectivity index (χ4v) is 1.76. The number of nitrogens with zero attached hydrogens (tertiary/aromatic N) is 1. The summed E-state index contributed by atoms with van der Waals surface area (Å²) in [5.74, 6) is 0.862. The Balaban J connectivity index is 1.99. The van der Waals surface area contributed by atoms with Crippen LogP contribution in [-0.2, 0) is 13.0 Å². The van der Waals surface area contributed by atoms with Crippen LogP contribution in [0.4, 0.5) is 11.5 Å². The van der Waals surface area contributed by atoms with E-state index >= 15 is 0 Å². The minimum Gasteiger partial charge on any atom is -0.397 e. The van der Waals surface area contributed by atoms with E-state index in [1.165, 1.54) is 11.1 Å². The molecule has 1 aromatic carbocycles. The van der Waals surface area contributed by atoms with Gasteiger partial charge in [-0.25, -0.2) is 4.98 Å². The van der Waals surface area contributed by atoms with Gasteiger partial charge in [0.15, 0.2) is 0 Å². The number of anilines is 2. The van der Waals surface area contributed by atoms with Crippen LogP contribution in [0.15, 0.2) is 36.4 Å². The van der Waals surface area contributed by atoms with Crippen molar-refractivity contribution in [3.8, 4) is 0 Å². The van der Waals surface area contributed by atoms with Crippen LogP contribution >= 0.6 is 0 Å². The molecular formula is C15H19N3. The number of pyridine rings is 1. The second kappa shape index (κ2) is 5.54. The number of benzene rings is 1.